The molecule has 0 aliphatic heterocycles. The van der Waals surface area contributed by atoms with Crippen LogP contribution in [0.2, 0.25) is 0 Å². The van der Waals surface area contributed by atoms with E-state index in [0.29, 0.717) is 0 Å². The fraction of sp³-hybridized carbons (Fsp3) is 0. The van der Waals surface area contributed by atoms with E-state index < -0.39 is 0 Å². The van der Waals surface area contributed by atoms with E-state index in [1.807, 2.05) is 36.6 Å². The van der Waals surface area contributed by atoms with Gasteiger partial charge < -0.3 is 13.3 Å². The van der Waals surface area contributed by atoms with Crippen LogP contribution in [-0.2, 0) is 0 Å². The van der Waals surface area contributed by atoms with Gasteiger partial charge in [-0.15, -0.1) is 0 Å². The number of para-hydroxylation sites is 2. The van der Waals surface area contributed by atoms with Gasteiger partial charge >= 0.3 is 0 Å². The predicted molar refractivity (Wildman–Crippen MR) is 177 cm³/mol. The molecule has 0 unspecified atom stereocenters. The molecule has 0 fully saturated rings. The van der Waals surface area contributed by atoms with Gasteiger partial charge in [0.2, 0.25) is 0 Å². The average Bonchev–Trinajstić information content (AvgIpc) is 3.77. The third-order valence-corrected chi connectivity index (χ3v) is 8.96. The lowest BCUT2D eigenvalue weighted by Crippen LogP contribution is -1.90. The molecule has 3 nitrogen and oxygen atoms in total. The van der Waals surface area contributed by atoms with Gasteiger partial charge in [-0.3, -0.25) is 0 Å². The zero-order chi connectivity index (χ0) is 28.1. The first-order valence-electron chi connectivity index (χ1n) is 14.5. The van der Waals surface area contributed by atoms with Gasteiger partial charge in [0.15, 0.2) is 11.2 Å². The number of hydrogen-bond donors (Lipinski definition) is 0. The Bertz CT molecular complexity index is 2680. The molecule has 10 rings (SSSR count). The molecule has 0 aliphatic carbocycles. The van der Waals surface area contributed by atoms with Crippen LogP contribution in [-0.4, -0.2) is 0 Å². The van der Waals surface area contributed by atoms with Crippen LogP contribution >= 0.6 is 0 Å². The molecule has 3 heterocycles. The first kappa shape index (κ1) is 22.8. The molecule has 10 aromatic rings. The van der Waals surface area contributed by atoms with Crippen LogP contribution in [0.5, 0.6) is 0 Å². The standard InChI is InChI=1S/C40H22O3/c1-3-13-26-24(11-1)36(31-16-9-19-35-38(31)30-15-6-8-18-34(30)42-35)25-12-2-4-14-27(25)37(26)32-22-41-39-29(32)21-20-28-23-10-5-7-17-33(23)43-40(28)39/h1-22H. The second-order valence-electron chi connectivity index (χ2n) is 11.2. The van der Waals surface area contributed by atoms with Crippen LogP contribution in [0.25, 0.3) is 98.6 Å². The summed E-state index contributed by atoms with van der Waals surface area (Å²) in [6, 6.07) is 44.6. The third kappa shape index (κ3) is 3.03. The quantitative estimate of drug-likeness (QED) is 0.201. The SMILES string of the molecule is c1ccc2c(c1)oc1c2ccc2c(-c3c4ccccc4c(-c4cccc5oc6ccccc6c45)c4ccccc34)coc21. The van der Waals surface area contributed by atoms with E-state index in [2.05, 4.69) is 97.1 Å². The van der Waals surface area contributed by atoms with E-state index in [4.69, 9.17) is 13.3 Å². The monoisotopic (exact) mass is 550 g/mol. The zero-order valence-electron chi connectivity index (χ0n) is 22.9. The lowest BCUT2D eigenvalue weighted by molar-refractivity contribution is 0.601. The Morgan fingerprint density at radius 3 is 1.56 bits per heavy atom. The summed E-state index contributed by atoms with van der Waals surface area (Å²) in [4.78, 5) is 0. The normalized spacial score (nSPS) is 12.2. The summed E-state index contributed by atoms with van der Waals surface area (Å²) < 4.78 is 19.0. The van der Waals surface area contributed by atoms with Crippen LogP contribution < -0.4 is 0 Å². The Labute approximate surface area is 245 Å². The first-order valence-corrected chi connectivity index (χ1v) is 14.5. The number of benzene rings is 7. The highest BCUT2D eigenvalue weighted by Gasteiger charge is 2.23. The van der Waals surface area contributed by atoms with E-state index in [9.17, 15) is 0 Å². The van der Waals surface area contributed by atoms with Crippen molar-refractivity contribution >= 4 is 76.4 Å². The Morgan fingerprint density at radius 2 is 0.860 bits per heavy atom. The van der Waals surface area contributed by atoms with Crippen molar-refractivity contribution in [1.29, 1.82) is 0 Å². The highest BCUT2D eigenvalue weighted by Crippen LogP contribution is 2.49. The summed E-state index contributed by atoms with van der Waals surface area (Å²) in [6.45, 7) is 0. The molecule has 0 saturated carbocycles. The van der Waals surface area contributed by atoms with E-state index in [1.54, 1.807) is 0 Å². The van der Waals surface area contributed by atoms with Crippen molar-refractivity contribution in [3.63, 3.8) is 0 Å². The molecule has 0 N–H and O–H groups in total. The van der Waals surface area contributed by atoms with Crippen LogP contribution in [0, 0.1) is 0 Å². The smallest absolute Gasteiger partial charge is 0.178 e. The van der Waals surface area contributed by atoms with Crippen LogP contribution in [0.1, 0.15) is 0 Å². The molecule has 43 heavy (non-hydrogen) atoms. The number of furan rings is 3. The first-order chi connectivity index (χ1) is 21.3. The van der Waals surface area contributed by atoms with Gasteiger partial charge in [-0.2, -0.15) is 0 Å². The molecule has 7 aromatic carbocycles. The average molecular weight is 551 g/mol. The second-order valence-corrected chi connectivity index (χ2v) is 11.2. The fourth-order valence-electron chi connectivity index (χ4n) is 7.16. The van der Waals surface area contributed by atoms with Gasteiger partial charge in [0.05, 0.1) is 6.26 Å². The van der Waals surface area contributed by atoms with Gasteiger partial charge in [0, 0.05) is 38.1 Å². The van der Waals surface area contributed by atoms with Crippen molar-refractivity contribution < 1.29 is 13.3 Å². The zero-order valence-corrected chi connectivity index (χ0v) is 22.9. The maximum atomic E-state index is 6.35. The van der Waals surface area contributed by atoms with E-state index in [-0.39, 0.29) is 0 Å². The van der Waals surface area contributed by atoms with E-state index in [1.165, 1.54) is 32.7 Å². The van der Waals surface area contributed by atoms with Crippen LogP contribution in [0.15, 0.2) is 147 Å². The highest BCUT2D eigenvalue weighted by molar-refractivity contribution is 6.27. The molecule has 3 heteroatoms. The number of rotatable bonds is 2. The summed E-state index contributed by atoms with van der Waals surface area (Å²) in [7, 11) is 0. The molecule has 200 valence electrons. The Kier molecular flexibility index (Phi) is 4.45. The lowest BCUT2D eigenvalue weighted by atomic mass is 9.85. The van der Waals surface area contributed by atoms with Crippen LogP contribution in [0.3, 0.4) is 0 Å². The largest absolute Gasteiger partial charge is 0.460 e. The summed E-state index contributed by atoms with van der Waals surface area (Å²) in [5, 5.41) is 10.2. The maximum Gasteiger partial charge on any atom is 0.178 e. The Hall–Kier alpha value is -5.80. The van der Waals surface area contributed by atoms with E-state index in [0.717, 1.165) is 66.0 Å². The molecule has 0 bridgehead atoms. The lowest BCUT2D eigenvalue weighted by Gasteiger charge is -2.17. The summed E-state index contributed by atoms with van der Waals surface area (Å²) in [5.74, 6) is 0. The Morgan fingerprint density at radius 1 is 0.326 bits per heavy atom. The molecule has 0 saturated heterocycles. The molecular weight excluding hydrogens is 528 g/mol. The molecule has 0 atom stereocenters. The summed E-state index contributed by atoms with van der Waals surface area (Å²) in [6.07, 6.45) is 1.90. The fourth-order valence-corrected chi connectivity index (χ4v) is 7.16. The molecule has 0 amide bonds. The molecule has 0 spiro atoms. The minimum atomic E-state index is 0.774. The van der Waals surface area contributed by atoms with E-state index >= 15 is 0 Å². The summed E-state index contributed by atoms with van der Waals surface area (Å²) in [5.41, 5.74) is 8.82. The Balaban J connectivity index is 1.34. The van der Waals surface area contributed by atoms with Gasteiger partial charge in [-0.05, 0) is 63.0 Å². The minimum Gasteiger partial charge on any atom is -0.460 e. The topological polar surface area (TPSA) is 39.4 Å². The molecular formula is C40H22O3. The second kappa shape index (κ2) is 8.37. The van der Waals surface area contributed by atoms with Crippen molar-refractivity contribution in [2.24, 2.45) is 0 Å². The molecule has 0 aliphatic rings. The highest BCUT2D eigenvalue weighted by atomic mass is 16.4. The van der Waals surface area contributed by atoms with Crippen LogP contribution in [0.4, 0.5) is 0 Å². The third-order valence-electron chi connectivity index (χ3n) is 8.96. The van der Waals surface area contributed by atoms with Gasteiger partial charge in [-0.25, -0.2) is 0 Å². The summed E-state index contributed by atoms with van der Waals surface area (Å²) >= 11 is 0. The molecule has 3 aromatic heterocycles. The van der Waals surface area contributed by atoms with Crippen molar-refractivity contribution in [3.05, 3.63) is 134 Å². The number of hydrogen-bond acceptors (Lipinski definition) is 3. The van der Waals surface area contributed by atoms with Crippen molar-refractivity contribution in [1.82, 2.24) is 0 Å². The maximum absolute atomic E-state index is 6.35. The minimum absolute atomic E-state index is 0.774. The van der Waals surface area contributed by atoms with Gasteiger partial charge in [0.1, 0.15) is 16.7 Å². The van der Waals surface area contributed by atoms with Crippen molar-refractivity contribution in [2.45, 2.75) is 0 Å². The van der Waals surface area contributed by atoms with Crippen molar-refractivity contribution in [3.8, 4) is 22.3 Å². The van der Waals surface area contributed by atoms with Gasteiger partial charge in [0.25, 0.3) is 0 Å². The van der Waals surface area contributed by atoms with Crippen molar-refractivity contribution in [2.75, 3.05) is 0 Å². The number of fused-ring (bicyclic) bond motifs is 10. The molecule has 0 radical (unpaired) electrons. The predicted octanol–water partition coefficient (Wildman–Crippen LogP) is 11.9. The van der Waals surface area contributed by atoms with Gasteiger partial charge in [-0.1, -0.05) is 97.1 Å².